The minimum atomic E-state index is 0.189. The molecule has 2 N–H and O–H groups in total. The van der Waals surface area contributed by atoms with E-state index in [-0.39, 0.29) is 5.41 Å². The van der Waals surface area contributed by atoms with Crippen LogP contribution in [-0.2, 0) is 0 Å². The SMILES string of the molecule is CNc1ncc(Cl)c(NCC(C)(C)C(C)C)n1. The molecule has 0 fully saturated rings. The molecule has 0 aliphatic carbocycles. The molecule has 5 heteroatoms. The number of anilines is 2. The second-order valence-corrected chi connectivity index (χ2v) is 5.54. The predicted octanol–water partition coefficient (Wildman–Crippen LogP) is 3.27. The van der Waals surface area contributed by atoms with Crippen molar-refractivity contribution in [3.05, 3.63) is 11.2 Å². The number of nitrogens with one attached hydrogen (secondary N) is 2. The molecule has 0 unspecified atom stereocenters. The lowest BCUT2D eigenvalue weighted by molar-refractivity contribution is 0.269. The molecule has 0 radical (unpaired) electrons. The van der Waals surface area contributed by atoms with E-state index in [0.717, 1.165) is 6.54 Å². The van der Waals surface area contributed by atoms with Crippen molar-refractivity contribution in [2.75, 3.05) is 24.2 Å². The fraction of sp³-hybridized carbons (Fsp3) is 0.667. The Morgan fingerprint density at radius 1 is 1.41 bits per heavy atom. The van der Waals surface area contributed by atoms with Gasteiger partial charge in [0.05, 0.1) is 6.20 Å². The molecule has 0 saturated carbocycles. The Bertz CT molecular complexity index is 377. The Hall–Kier alpha value is -1.03. The summed E-state index contributed by atoms with van der Waals surface area (Å²) >= 11 is 6.05. The van der Waals surface area contributed by atoms with E-state index in [9.17, 15) is 0 Å². The highest BCUT2D eigenvalue weighted by molar-refractivity contribution is 6.32. The predicted molar refractivity (Wildman–Crippen MR) is 73.7 cm³/mol. The first kappa shape index (κ1) is 14.0. The van der Waals surface area contributed by atoms with E-state index in [1.165, 1.54) is 0 Å². The fourth-order valence-electron chi connectivity index (χ4n) is 1.13. The van der Waals surface area contributed by atoms with Gasteiger partial charge in [-0.3, -0.25) is 0 Å². The van der Waals surface area contributed by atoms with Gasteiger partial charge in [0.15, 0.2) is 5.82 Å². The minimum absolute atomic E-state index is 0.189. The molecule has 17 heavy (non-hydrogen) atoms. The molecule has 96 valence electrons. The van der Waals surface area contributed by atoms with Crippen molar-refractivity contribution in [3.8, 4) is 0 Å². The summed E-state index contributed by atoms with van der Waals surface area (Å²) in [5.41, 5.74) is 0.189. The third-order valence-corrected chi connectivity index (χ3v) is 3.52. The van der Waals surface area contributed by atoms with E-state index in [2.05, 4.69) is 48.3 Å². The van der Waals surface area contributed by atoms with Gasteiger partial charge in [-0.15, -0.1) is 0 Å². The minimum Gasteiger partial charge on any atom is -0.368 e. The van der Waals surface area contributed by atoms with Crippen molar-refractivity contribution in [3.63, 3.8) is 0 Å². The first-order chi connectivity index (χ1) is 7.86. The molecule has 4 nitrogen and oxygen atoms in total. The summed E-state index contributed by atoms with van der Waals surface area (Å²) in [5, 5.41) is 6.72. The van der Waals surface area contributed by atoms with E-state index in [1.807, 2.05) is 0 Å². The molecule has 1 aromatic rings. The largest absolute Gasteiger partial charge is 0.368 e. The normalized spacial score (nSPS) is 11.7. The van der Waals surface area contributed by atoms with Crippen LogP contribution in [0.5, 0.6) is 0 Å². The maximum Gasteiger partial charge on any atom is 0.224 e. The average Bonchev–Trinajstić information content (AvgIpc) is 2.28. The second kappa shape index (κ2) is 5.54. The van der Waals surface area contributed by atoms with Gasteiger partial charge in [0.2, 0.25) is 5.95 Å². The highest BCUT2D eigenvalue weighted by Crippen LogP contribution is 2.27. The van der Waals surface area contributed by atoms with Crippen LogP contribution in [-0.4, -0.2) is 23.6 Å². The summed E-state index contributed by atoms with van der Waals surface area (Å²) in [6, 6.07) is 0. The fourth-order valence-corrected chi connectivity index (χ4v) is 1.29. The van der Waals surface area contributed by atoms with Crippen molar-refractivity contribution in [1.29, 1.82) is 0 Å². The summed E-state index contributed by atoms with van der Waals surface area (Å²) in [4.78, 5) is 8.33. The number of aromatic nitrogens is 2. The Kier molecular flexibility index (Phi) is 4.57. The second-order valence-electron chi connectivity index (χ2n) is 5.14. The zero-order valence-electron chi connectivity index (χ0n) is 11.1. The van der Waals surface area contributed by atoms with Crippen molar-refractivity contribution in [1.82, 2.24) is 9.97 Å². The topological polar surface area (TPSA) is 49.8 Å². The van der Waals surface area contributed by atoms with E-state index in [1.54, 1.807) is 13.2 Å². The first-order valence-electron chi connectivity index (χ1n) is 5.81. The molecule has 1 rings (SSSR count). The van der Waals surface area contributed by atoms with Crippen molar-refractivity contribution >= 4 is 23.4 Å². The van der Waals surface area contributed by atoms with Crippen molar-refractivity contribution in [2.24, 2.45) is 11.3 Å². The number of hydrogen-bond donors (Lipinski definition) is 2. The zero-order chi connectivity index (χ0) is 13.1. The Morgan fingerprint density at radius 3 is 2.59 bits per heavy atom. The van der Waals surface area contributed by atoms with Crippen LogP contribution in [0.3, 0.4) is 0 Å². The Labute approximate surface area is 108 Å². The smallest absolute Gasteiger partial charge is 0.224 e. The monoisotopic (exact) mass is 256 g/mol. The molecule has 0 bridgehead atoms. The van der Waals surface area contributed by atoms with E-state index < -0.39 is 0 Å². The third kappa shape index (κ3) is 3.73. The van der Waals surface area contributed by atoms with Gasteiger partial charge in [-0.05, 0) is 11.3 Å². The lowest BCUT2D eigenvalue weighted by Crippen LogP contribution is -2.29. The van der Waals surface area contributed by atoms with Gasteiger partial charge in [-0.1, -0.05) is 39.3 Å². The van der Waals surface area contributed by atoms with Gasteiger partial charge in [0.25, 0.3) is 0 Å². The summed E-state index contributed by atoms with van der Waals surface area (Å²) in [6.45, 7) is 9.69. The average molecular weight is 257 g/mol. The molecular weight excluding hydrogens is 236 g/mol. The lowest BCUT2D eigenvalue weighted by atomic mass is 9.81. The van der Waals surface area contributed by atoms with Crippen LogP contribution >= 0.6 is 11.6 Å². The quantitative estimate of drug-likeness (QED) is 0.849. The summed E-state index contributed by atoms with van der Waals surface area (Å²) in [5.74, 6) is 1.83. The summed E-state index contributed by atoms with van der Waals surface area (Å²) in [6.07, 6.45) is 1.60. The number of halogens is 1. The van der Waals surface area contributed by atoms with Crippen LogP contribution in [0.2, 0.25) is 5.02 Å². The van der Waals surface area contributed by atoms with E-state index >= 15 is 0 Å². The number of rotatable bonds is 5. The van der Waals surface area contributed by atoms with E-state index in [0.29, 0.717) is 22.7 Å². The highest BCUT2D eigenvalue weighted by atomic mass is 35.5. The molecule has 0 spiro atoms. The van der Waals surface area contributed by atoms with Crippen LogP contribution in [0.1, 0.15) is 27.7 Å². The lowest BCUT2D eigenvalue weighted by Gasteiger charge is -2.29. The van der Waals surface area contributed by atoms with Gasteiger partial charge in [0, 0.05) is 13.6 Å². The highest BCUT2D eigenvalue weighted by Gasteiger charge is 2.22. The molecule has 0 aromatic carbocycles. The number of nitrogens with zero attached hydrogens (tertiary/aromatic N) is 2. The van der Waals surface area contributed by atoms with Crippen LogP contribution < -0.4 is 10.6 Å². The molecule has 1 aromatic heterocycles. The van der Waals surface area contributed by atoms with Crippen molar-refractivity contribution in [2.45, 2.75) is 27.7 Å². The first-order valence-corrected chi connectivity index (χ1v) is 6.19. The van der Waals surface area contributed by atoms with Gasteiger partial charge < -0.3 is 10.6 Å². The molecule has 0 saturated heterocycles. The van der Waals surface area contributed by atoms with E-state index in [4.69, 9.17) is 11.6 Å². The van der Waals surface area contributed by atoms with Crippen LogP contribution in [0.15, 0.2) is 6.20 Å². The van der Waals surface area contributed by atoms with Gasteiger partial charge in [0.1, 0.15) is 5.02 Å². The molecular formula is C12H21ClN4. The third-order valence-electron chi connectivity index (χ3n) is 3.24. The zero-order valence-corrected chi connectivity index (χ0v) is 11.9. The Balaban J connectivity index is 2.75. The summed E-state index contributed by atoms with van der Waals surface area (Å²) in [7, 11) is 1.78. The summed E-state index contributed by atoms with van der Waals surface area (Å²) < 4.78 is 0. The standard InChI is InChI=1S/C12H21ClN4/c1-8(2)12(3,4)7-16-10-9(13)6-15-11(14-5)17-10/h6,8H,7H2,1-5H3,(H2,14,15,16,17). The van der Waals surface area contributed by atoms with Crippen LogP contribution in [0.4, 0.5) is 11.8 Å². The molecule has 1 heterocycles. The molecule has 0 atom stereocenters. The van der Waals surface area contributed by atoms with Gasteiger partial charge in [-0.2, -0.15) is 4.98 Å². The maximum atomic E-state index is 6.05. The van der Waals surface area contributed by atoms with Gasteiger partial charge >= 0.3 is 0 Å². The number of hydrogen-bond acceptors (Lipinski definition) is 4. The van der Waals surface area contributed by atoms with Crippen LogP contribution in [0, 0.1) is 11.3 Å². The van der Waals surface area contributed by atoms with Gasteiger partial charge in [-0.25, -0.2) is 4.98 Å². The maximum absolute atomic E-state index is 6.05. The van der Waals surface area contributed by atoms with Crippen LogP contribution in [0.25, 0.3) is 0 Å². The molecule has 0 aliphatic heterocycles. The Morgan fingerprint density at radius 2 is 2.06 bits per heavy atom. The molecule has 0 aliphatic rings. The van der Waals surface area contributed by atoms with Crippen molar-refractivity contribution < 1.29 is 0 Å². The molecule has 0 amide bonds.